The van der Waals surface area contributed by atoms with Crippen molar-refractivity contribution >= 4 is 16.1 Å². The molecule has 0 amide bonds. The van der Waals surface area contributed by atoms with Gasteiger partial charge in [-0.15, -0.1) is 0 Å². The van der Waals surface area contributed by atoms with Crippen LogP contribution in [0.25, 0.3) is 0 Å². The summed E-state index contributed by atoms with van der Waals surface area (Å²) in [5.74, 6) is -0.871. The lowest BCUT2D eigenvalue weighted by atomic mass is 10.1. The lowest BCUT2D eigenvalue weighted by Gasteiger charge is -2.08. The Morgan fingerprint density at radius 1 is 1.50 bits per heavy atom. The molecule has 0 aromatic rings. The van der Waals surface area contributed by atoms with Gasteiger partial charge in [-0.05, 0) is 12.8 Å². The predicted molar refractivity (Wildman–Crippen MR) is 51.4 cm³/mol. The second kappa shape index (κ2) is 5.98. The number of hydrogen-bond acceptors (Lipinski definition) is 4. The quantitative estimate of drug-likeness (QED) is 0.411. The topological polar surface area (TPSA) is 80.7 Å². The molecule has 0 aromatic heterocycles. The summed E-state index contributed by atoms with van der Waals surface area (Å²) in [5, 5.41) is 0. The second-order valence-electron chi connectivity index (χ2n) is 3.12. The first kappa shape index (κ1) is 13.4. The third-order valence-electron chi connectivity index (χ3n) is 1.81. The molecule has 14 heavy (non-hydrogen) atoms. The first-order valence-electron chi connectivity index (χ1n) is 4.48. The molecule has 0 saturated carbocycles. The first-order chi connectivity index (χ1) is 6.37. The van der Waals surface area contributed by atoms with Crippen molar-refractivity contribution in [3.63, 3.8) is 0 Å². The van der Waals surface area contributed by atoms with Gasteiger partial charge in [-0.3, -0.25) is 9.35 Å². The highest BCUT2D eigenvalue weighted by Crippen LogP contribution is 2.03. The Hall–Kier alpha value is -0.620. The van der Waals surface area contributed by atoms with Crippen LogP contribution in [0, 0.1) is 5.92 Å². The van der Waals surface area contributed by atoms with Gasteiger partial charge in [-0.1, -0.05) is 13.8 Å². The van der Waals surface area contributed by atoms with E-state index in [4.69, 9.17) is 9.29 Å². The standard InChI is InChI=1S/C8H16O5S/c1-3-7(2)8(9)13-5-4-6-14(10,11)12/h7H,3-6H2,1-2H3,(H,10,11,12). The largest absolute Gasteiger partial charge is 0.465 e. The van der Waals surface area contributed by atoms with Crippen LogP contribution in [-0.2, 0) is 19.6 Å². The minimum absolute atomic E-state index is 0.0307. The second-order valence-corrected chi connectivity index (χ2v) is 4.69. The molecular weight excluding hydrogens is 208 g/mol. The minimum atomic E-state index is -3.94. The molecule has 1 unspecified atom stereocenters. The molecule has 0 spiro atoms. The van der Waals surface area contributed by atoms with E-state index >= 15 is 0 Å². The summed E-state index contributed by atoms with van der Waals surface area (Å²) in [5.41, 5.74) is 0. The molecule has 0 aromatic carbocycles. The van der Waals surface area contributed by atoms with E-state index in [1.165, 1.54) is 0 Å². The van der Waals surface area contributed by atoms with E-state index in [1.54, 1.807) is 6.92 Å². The summed E-state index contributed by atoms with van der Waals surface area (Å²) in [7, 11) is -3.94. The van der Waals surface area contributed by atoms with E-state index in [9.17, 15) is 13.2 Å². The average molecular weight is 224 g/mol. The fraction of sp³-hybridized carbons (Fsp3) is 0.875. The molecule has 0 fully saturated rings. The summed E-state index contributed by atoms with van der Waals surface area (Å²) in [4.78, 5) is 11.1. The van der Waals surface area contributed by atoms with Crippen LogP contribution in [-0.4, -0.2) is 31.3 Å². The van der Waals surface area contributed by atoms with Crippen molar-refractivity contribution in [1.82, 2.24) is 0 Å². The van der Waals surface area contributed by atoms with Gasteiger partial charge in [0.1, 0.15) is 0 Å². The fourth-order valence-corrected chi connectivity index (χ4v) is 1.21. The van der Waals surface area contributed by atoms with Gasteiger partial charge in [-0.25, -0.2) is 0 Å². The summed E-state index contributed by atoms with van der Waals surface area (Å²) < 4.78 is 33.7. The van der Waals surface area contributed by atoms with Crippen molar-refractivity contribution < 1.29 is 22.5 Å². The molecule has 0 aliphatic heterocycles. The lowest BCUT2D eigenvalue weighted by molar-refractivity contribution is -0.148. The maximum Gasteiger partial charge on any atom is 0.308 e. The molecule has 1 atom stereocenters. The van der Waals surface area contributed by atoms with Crippen LogP contribution < -0.4 is 0 Å². The van der Waals surface area contributed by atoms with Crippen LogP contribution in [0.3, 0.4) is 0 Å². The van der Waals surface area contributed by atoms with E-state index in [0.717, 1.165) is 0 Å². The Bertz CT molecular complexity index is 269. The third-order valence-corrected chi connectivity index (χ3v) is 2.61. The van der Waals surface area contributed by atoms with Gasteiger partial charge >= 0.3 is 5.97 Å². The summed E-state index contributed by atoms with van der Waals surface area (Å²) in [6.45, 7) is 3.64. The van der Waals surface area contributed by atoms with Crippen molar-refractivity contribution in [2.24, 2.45) is 5.92 Å². The molecular formula is C8H16O5S. The van der Waals surface area contributed by atoms with Crippen molar-refractivity contribution in [1.29, 1.82) is 0 Å². The van der Waals surface area contributed by atoms with E-state index in [-0.39, 0.29) is 30.7 Å². The molecule has 6 heteroatoms. The van der Waals surface area contributed by atoms with E-state index in [2.05, 4.69) is 0 Å². The maximum absolute atomic E-state index is 11.1. The van der Waals surface area contributed by atoms with Crippen molar-refractivity contribution in [2.45, 2.75) is 26.7 Å². The minimum Gasteiger partial charge on any atom is -0.465 e. The van der Waals surface area contributed by atoms with Gasteiger partial charge in [0.05, 0.1) is 18.3 Å². The molecule has 0 heterocycles. The van der Waals surface area contributed by atoms with Crippen molar-refractivity contribution in [2.75, 3.05) is 12.4 Å². The van der Waals surface area contributed by atoms with Crippen LogP contribution in [0.2, 0.25) is 0 Å². The van der Waals surface area contributed by atoms with Crippen LogP contribution >= 0.6 is 0 Å². The van der Waals surface area contributed by atoms with Gasteiger partial charge in [0.15, 0.2) is 0 Å². The highest BCUT2D eigenvalue weighted by atomic mass is 32.2. The summed E-state index contributed by atoms with van der Waals surface area (Å²) >= 11 is 0. The zero-order valence-corrected chi connectivity index (χ0v) is 9.21. The summed E-state index contributed by atoms with van der Waals surface area (Å²) in [6, 6.07) is 0. The number of rotatable bonds is 6. The van der Waals surface area contributed by atoms with Gasteiger partial charge in [-0.2, -0.15) is 8.42 Å². The monoisotopic (exact) mass is 224 g/mol. The molecule has 0 aliphatic rings. The molecule has 0 aliphatic carbocycles. The Kier molecular flexibility index (Phi) is 5.71. The van der Waals surface area contributed by atoms with Gasteiger partial charge in [0, 0.05) is 0 Å². The molecule has 0 radical (unpaired) electrons. The fourth-order valence-electron chi connectivity index (χ4n) is 0.723. The number of ether oxygens (including phenoxy) is 1. The number of carbonyl (C=O) groups excluding carboxylic acids is 1. The normalized spacial score (nSPS) is 13.6. The molecule has 1 N–H and O–H groups in total. The Morgan fingerprint density at radius 3 is 2.50 bits per heavy atom. The number of carbonyl (C=O) groups is 1. The number of hydrogen-bond donors (Lipinski definition) is 1. The van der Waals surface area contributed by atoms with E-state index < -0.39 is 10.1 Å². The molecule has 5 nitrogen and oxygen atoms in total. The molecule has 0 saturated heterocycles. The number of esters is 1. The van der Waals surface area contributed by atoms with Crippen LogP contribution in [0.15, 0.2) is 0 Å². The highest BCUT2D eigenvalue weighted by molar-refractivity contribution is 7.85. The van der Waals surface area contributed by atoms with Gasteiger partial charge < -0.3 is 4.74 Å². The average Bonchev–Trinajstić information content (AvgIpc) is 2.09. The Labute approximate surface area is 84.2 Å². The molecule has 0 rings (SSSR count). The van der Waals surface area contributed by atoms with Crippen LogP contribution in [0.1, 0.15) is 26.7 Å². The SMILES string of the molecule is CCC(C)C(=O)OCCCS(=O)(=O)O. The highest BCUT2D eigenvalue weighted by Gasteiger charge is 2.12. The zero-order chi connectivity index (χ0) is 11.2. The van der Waals surface area contributed by atoms with E-state index in [0.29, 0.717) is 6.42 Å². The Morgan fingerprint density at radius 2 is 2.07 bits per heavy atom. The predicted octanol–water partition coefficient (Wildman–Crippen LogP) is 0.854. The van der Waals surface area contributed by atoms with E-state index in [1.807, 2.05) is 6.92 Å². The summed E-state index contributed by atoms with van der Waals surface area (Å²) in [6.07, 6.45) is 0.818. The van der Waals surface area contributed by atoms with Crippen molar-refractivity contribution in [3.8, 4) is 0 Å². The molecule has 84 valence electrons. The first-order valence-corrected chi connectivity index (χ1v) is 6.09. The Balaban J connectivity index is 3.61. The lowest BCUT2D eigenvalue weighted by Crippen LogP contribution is -2.16. The smallest absolute Gasteiger partial charge is 0.308 e. The maximum atomic E-state index is 11.1. The third kappa shape index (κ3) is 6.85. The van der Waals surface area contributed by atoms with Crippen molar-refractivity contribution in [3.05, 3.63) is 0 Å². The van der Waals surface area contributed by atoms with Crippen LogP contribution in [0.4, 0.5) is 0 Å². The van der Waals surface area contributed by atoms with Gasteiger partial charge in [0.2, 0.25) is 0 Å². The van der Waals surface area contributed by atoms with Gasteiger partial charge in [0.25, 0.3) is 10.1 Å². The molecule has 0 bridgehead atoms. The van der Waals surface area contributed by atoms with Crippen LogP contribution in [0.5, 0.6) is 0 Å². The zero-order valence-electron chi connectivity index (χ0n) is 8.39.